The second-order valence-electron chi connectivity index (χ2n) is 4.96. The number of fused-ring (bicyclic) bond motifs is 1. The van der Waals surface area contributed by atoms with E-state index in [-0.39, 0.29) is 6.61 Å². The maximum absolute atomic E-state index is 9.60. The van der Waals surface area contributed by atoms with Crippen molar-refractivity contribution < 1.29 is 14.6 Å². The van der Waals surface area contributed by atoms with Crippen molar-refractivity contribution in [2.45, 2.75) is 13.0 Å². The number of benzene rings is 2. The van der Waals surface area contributed by atoms with Gasteiger partial charge >= 0.3 is 0 Å². The summed E-state index contributed by atoms with van der Waals surface area (Å²) < 4.78 is 11.2. The average molecular weight is 258 g/mol. The lowest BCUT2D eigenvalue weighted by atomic mass is 10.0. The van der Waals surface area contributed by atoms with E-state index in [0.717, 1.165) is 41.7 Å². The van der Waals surface area contributed by atoms with E-state index >= 15 is 0 Å². The number of rotatable bonds is 4. The fraction of sp³-hybridized carbons (Fsp3) is 0.375. The standard InChI is InChI=1S/C16H18O3/c17-9-15-14-4-2-1-3-13(14)5-6-16(15)19-11-12-7-8-18-10-12/h1-6,12,17H,7-11H2. The summed E-state index contributed by atoms with van der Waals surface area (Å²) in [5.74, 6) is 1.26. The summed E-state index contributed by atoms with van der Waals surface area (Å²) in [5.41, 5.74) is 0.872. The molecule has 1 N–H and O–H groups in total. The highest BCUT2D eigenvalue weighted by molar-refractivity contribution is 5.87. The van der Waals surface area contributed by atoms with E-state index in [9.17, 15) is 5.11 Å². The molecule has 1 aliphatic rings. The van der Waals surface area contributed by atoms with Crippen LogP contribution in [0.15, 0.2) is 36.4 Å². The van der Waals surface area contributed by atoms with E-state index in [1.54, 1.807) is 0 Å². The van der Waals surface area contributed by atoms with Gasteiger partial charge in [-0.3, -0.25) is 0 Å². The molecular weight excluding hydrogens is 240 g/mol. The molecule has 1 unspecified atom stereocenters. The van der Waals surface area contributed by atoms with Gasteiger partial charge in [-0.05, 0) is 23.3 Å². The topological polar surface area (TPSA) is 38.7 Å². The molecule has 100 valence electrons. The van der Waals surface area contributed by atoms with Crippen molar-refractivity contribution in [2.75, 3.05) is 19.8 Å². The van der Waals surface area contributed by atoms with Crippen LogP contribution in [0.1, 0.15) is 12.0 Å². The molecule has 1 atom stereocenters. The van der Waals surface area contributed by atoms with Gasteiger partial charge in [0.25, 0.3) is 0 Å². The lowest BCUT2D eigenvalue weighted by molar-refractivity contribution is 0.166. The molecule has 0 amide bonds. The number of ether oxygens (including phenoxy) is 2. The van der Waals surface area contributed by atoms with E-state index < -0.39 is 0 Å². The van der Waals surface area contributed by atoms with E-state index in [2.05, 4.69) is 0 Å². The van der Waals surface area contributed by atoms with Gasteiger partial charge in [0.2, 0.25) is 0 Å². The SMILES string of the molecule is OCc1c(OCC2CCOC2)ccc2ccccc12. The van der Waals surface area contributed by atoms with Gasteiger partial charge in [-0.25, -0.2) is 0 Å². The van der Waals surface area contributed by atoms with Crippen molar-refractivity contribution in [1.82, 2.24) is 0 Å². The Hall–Kier alpha value is -1.58. The second-order valence-corrected chi connectivity index (χ2v) is 4.96. The molecular formula is C16H18O3. The first-order valence-electron chi connectivity index (χ1n) is 6.70. The molecule has 0 bridgehead atoms. The molecule has 0 aromatic heterocycles. The van der Waals surface area contributed by atoms with E-state index in [4.69, 9.17) is 9.47 Å². The van der Waals surface area contributed by atoms with Crippen LogP contribution >= 0.6 is 0 Å². The molecule has 3 heteroatoms. The minimum atomic E-state index is -0.00213. The summed E-state index contributed by atoms with van der Waals surface area (Å²) in [6.07, 6.45) is 1.06. The highest BCUT2D eigenvalue weighted by Gasteiger charge is 2.17. The summed E-state index contributed by atoms with van der Waals surface area (Å²) in [4.78, 5) is 0. The molecule has 1 fully saturated rings. The normalized spacial score (nSPS) is 18.9. The fourth-order valence-electron chi connectivity index (χ4n) is 2.54. The minimum absolute atomic E-state index is 0.00213. The van der Waals surface area contributed by atoms with Gasteiger partial charge in [-0.2, -0.15) is 0 Å². The van der Waals surface area contributed by atoms with Gasteiger partial charge in [0.15, 0.2) is 0 Å². The summed E-state index contributed by atoms with van der Waals surface area (Å²) in [6.45, 7) is 2.27. The van der Waals surface area contributed by atoms with E-state index in [1.165, 1.54) is 0 Å². The molecule has 1 saturated heterocycles. The molecule has 0 spiro atoms. The second kappa shape index (κ2) is 5.59. The summed E-state index contributed by atoms with van der Waals surface area (Å²) in [6, 6.07) is 12.0. The molecule has 2 aromatic rings. The Morgan fingerprint density at radius 1 is 1.21 bits per heavy atom. The third-order valence-corrected chi connectivity index (χ3v) is 3.65. The third-order valence-electron chi connectivity index (χ3n) is 3.65. The van der Waals surface area contributed by atoms with Crippen LogP contribution in [-0.4, -0.2) is 24.9 Å². The minimum Gasteiger partial charge on any atom is -0.493 e. The number of aliphatic hydroxyl groups is 1. The van der Waals surface area contributed by atoms with Gasteiger partial charge in [0, 0.05) is 18.1 Å². The van der Waals surface area contributed by atoms with Gasteiger partial charge in [0.1, 0.15) is 5.75 Å². The smallest absolute Gasteiger partial charge is 0.125 e. The monoisotopic (exact) mass is 258 g/mol. The Kier molecular flexibility index (Phi) is 3.67. The Morgan fingerprint density at radius 2 is 2.11 bits per heavy atom. The van der Waals surface area contributed by atoms with Crippen LogP contribution in [-0.2, 0) is 11.3 Å². The highest BCUT2D eigenvalue weighted by Crippen LogP contribution is 2.28. The van der Waals surface area contributed by atoms with Gasteiger partial charge in [0.05, 0.1) is 19.8 Å². The van der Waals surface area contributed by atoms with Crippen molar-refractivity contribution in [2.24, 2.45) is 5.92 Å². The quantitative estimate of drug-likeness (QED) is 0.916. The lowest BCUT2D eigenvalue weighted by Gasteiger charge is -2.15. The predicted octanol–water partition coefficient (Wildman–Crippen LogP) is 2.75. The predicted molar refractivity (Wildman–Crippen MR) is 74.3 cm³/mol. The van der Waals surface area contributed by atoms with Crippen molar-refractivity contribution >= 4 is 10.8 Å². The number of aliphatic hydroxyl groups excluding tert-OH is 1. The van der Waals surface area contributed by atoms with Crippen molar-refractivity contribution in [3.05, 3.63) is 42.0 Å². The van der Waals surface area contributed by atoms with Crippen LogP contribution in [0.4, 0.5) is 0 Å². The van der Waals surface area contributed by atoms with Crippen LogP contribution in [0.25, 0.3) is 10.8 Å². The van der Waals surface area contributed by atoms with E-state index in [0.29, 0.717) is 12.5 Å². The fourth-order valence-corrected chi connectivity index (χ4v) is 2.54. The average Bonchev–Trinajstić information content (AvgIpc) is 2.97. The number of hydrogen-bond donors (Lipinski definition) is 1. The van der Waals surface area contributed by atoms with Crippen LogP contribution in [0.3, 0.4) is 0 Å². The first-order chi connectivity index (χ1) is 9.38. The van der Waals surface area contributed by atoms with Crippen LogP contribution in [0.5, 0.6) is 5.75 Å². The maximum Gasteiger partial charge on any atom is 0.125 e. The molecule has 1 heterocycles. The maximum atomic E-state index is 9.60. The van der Waals surface area contributed by atoms with Crippen molar-refractivity contribution in [3.8, 4) is 5.75 Å². The molecule has 0 saturated carbocycles. The zero-order valence-corrected chi connectivity index (χ0v) is 10.8. The Labute approximate surface area is 112 Å². The Balaban J connectivity index is 1.85. The Morgan fingerprint density at radius 3 is 2.89 bits per heavy atom. The summed E-state index contributed by atoms with van der Waals surface area (Å²) in [7, 11) is 0. The molecule has 3 nitrogen and oxygen atoms in total. The van der Waals surface area contributed by atoms with E-state index in [1.807, 2.05) is 36.4 Å². The lowest BCUT2D eigenvalue weighted by Crippen LogP contribution is -2.12. The first kappa shape index (κ1) is 12.5. The molecule has 1 aliphatic heterocycles. The number of hydrogen-bond acceptors (Lipinski definition) is 3. The highest BCUT2D eigenvalue weighted by atomic mass is 16.5. The molecule has 0 radical (unpaired) electrons. The zero-order chi connectivity index (χ0) is 13.1. The van der Waals surface area contributed by atoms with Gasteiger partial charge in [-0.1, -0.05) is 30.3 Å². The molecule has 3 rings (SSSR count). The third kappa shape index (κ3) is 2.57. The molecule has 0 aliphatic carbocycles. The van der Waals surface area contributed by atoms with Gasteiger partial charge < -0.3 is 14.6 Å². The zero-order valence-electron chi connectivity index (χ0n) is 10.8. The van der Waals surface area contributed by atoms with Crippen LogP contribution < -0.4 is 4.74 Å². The van der Waals surface area contributed by atoms with Crippen LogP contribution in [0.2, 0.25) is 0 Å². The summed E-state index contributed by atoms with van der Waals surface area (Å²) in [5, 5.41) is 11.8. The Bertz CT molecular complexity index is 559. The van der Waals surface area contributed by atoms with Gasteiger partial charge in [-0.15, -0.1) is 0 Å². The largest absolute Gasteiger partial charge is 0.493 e. The molecule has 2 aromatic carbocycles. The molecule has 19 heavy (non-hydrogen) atoms. The summed E-state index contributed by atoms with van der Waals surface area (Å²) >= 11 is 0. The van der Waals surface area contributed by atoms with Crippen molar-refractivity contribution in [3.63, 3.8) is 0 Å². The van der Waals surface area contributed by atoms with Crippen LogP contribution in [0, 0.1) is 5.92 Å². The first-order valence-corrected chi connectivity index (χ1v) is 6.70. The van der Waals surface area contributed by atoms with Crippen molar-refractivity contribution in [1.29, 1.82) is 0 Å².